The van der Waals surface area contributed by atoms with Crippen LogP contribution in [0.3, 0.4) is 0 Å². The first-order chi connectivity index (χ1) is 19.7. The van der Waals surface area contributed by atoms with Gasteiger partial charge in [-0.05, 0) is 58.8 Å². The van der Waals surface area contributed by atoms with Gasteiger partial charge < -0.3 is 26.2 Å². The van der Waals surface area contributed by atoms with Gasteiger partial charge in [-0.3, -0.25) is 19.2 Å². The van der Waals surface area contributed by atoms with Gasteiger partial charge in [0, 0.05) is 30.5 Å². The minimum atomic E-state index is -1.20. The quantitative estimate of drug-likeness (QED) is 0.108. The lowest BCUT2D eigenvalue weighted by Crippen LogP contribution is -2.61. The summed E-state index contributed by atoms with van der Waals surface area (Å²) in [7, 11) is 0. The third-order valence-corrected chi connectivity index (χ3v) is 9.26. The van der Waals surface area contributed by atoms with Crippen molar-refractivity contribution in [2.75, 3.05) is 13.1 Å². The third-order valence-electron chi connectivity index (χ3n) is 8.20. The Morgan fingerprint density at radius 2 is 1.64 bits per heavy atom. The summed E-state index contributed by atoms with van der Waals surface area (Å²) in [4.78, 5) is 67.8. The number of fused-ring (bicyclic) bond motifs is 1. The number of halogens is 2. The van der Waals surface area contributed by atoms with Crippen LogP contribution in [0.4, 0.5) is 4.79 Å². The fourth-order valence-electron chi connectivity index (χ4n) is 6.02. The summed E-state index contributed by atoms with van der Waals surface area (Å²) in [6, 6.07) is -3.48. The molecule has 5 atom stereocenters. The molecule has 234 valence electrons. The van der Waals surface area contributed by atoms with Gasteiger partial charge in [-0.1, -0.05) is 31.4 Å². The molecule has 0 aromatic rings. The van der Waals surface area contributed by atoms with Crippen molar-refractivity contribution < 1.29 is 24.0 Å². The lowest BCUT2D eigenvalue weighted by molar-refractivity contribution is -0.144. The van der Waals surface area contributed by atoms with Crippen LogP contribution in [0.5, 0.6) is 0 Å². The van der Waals surface area contributed by atoms with Crippen molar-refractivity contribution in [3.8, 4) is 0 Å². The molecule has 42 heavy (non-hydrogen) atoms. The number of allylic oxidation sites excluding steroid dienone is 1. The van der Waals surface area contributed by atoms with E-state index in [-0.39, 0.29) is 37.3 Å². The van der Waals surface area contributed by atoms with E-state index in [0.29, 0.717) is 12.8 Å². The summed E-state index contributed by atoms with van der Waals surface area (Å²) in [6.07, 6.45) is 8.74. The molecule has 0 radical (unpaired) electrons. The Balaban J connectivity index is 1.83. The van der Waals surface area contributed by atoms with Crippen LogP contribution in [0, 0.1) is 17.8 Å². The minimum absolute atomic E-state index is 0.0875. The fraction of sp³-hybridized carbons (Fsp3) is 0.700. The van der Waals surface area contributed by atoms with Gasteiger partial charge in [0.05, 0.1) is 6.04 Å². The Kier molecular flexibility index (Phi) is 11.5. The minimum Gasteiger partial charge on any atom is -0.349 e. The molecule has 2 aliphatic carbocycles. The summed E-state index contributed by atoms with van der Waals surface area (Å²) < 4.78 is -1.20. The zero-order valence-corrected chi connectivity index (χ0v) is 26.4. The second-order valence-corrected chi connectivity index (χ2v) is 14.0. The molecule has 1 saturated heterocycles. The van der Waals surface area contributed by atoms with Gasteiger partial charge in [0.2, 0.25) is 17.6 Å². The first-order valence-corrected chi connectivity index (χ1v) is 15.6. The number of hydrogen-bond donors (Lipinski definition) is 4. The topological polar surface area (TPSA) is 137 Å². The van der Waals surface area contributed by atoms with E-state index in [1.54, 1.807) is 12.2 Å². The number of carbonyl (C=O) groups is 5. The lowest BCUT2D eigenvalue weighted by atomic mass is 9.83. The molecule has 0 spiro atoms. The van der Waals surface area contributed by atoms with Crippen molar-refractivity contribution in [2.45, 2.75) is 100 Å². The summed E-state index contributed by atoms with van der Waals surface area (Å²) in [5, 5.41) is 11.0. The Bertz CT molecular complexity index is 1070. The average Bonchev–Trinajstić information content (AvgIpc) is 3.24. The van der Waals surface area contributed by atoms with Crippen LogP contribution in [-0.4, -0.2) is 75.5 Å². The highest BCUT2D eigenvalue weighted by atomic mass is 35.5. The van der Waals surface area contributed by atoms with Crippen molar-refractivity contribution in [2.24, 2.45) is 17.8 Å². The third kappa shape index (κ3) is 8.28. The zero-order chi connectivity index (χ0) is 31.2. The van der Waals surface area contributed by atoms with E-state index >= 15 is 0 Å². The number of amides is 5. The summed E-state index contributed by atoms with van der Waals surface area (Å²) in [5.74, 6) is -3.56. The van der Waals surface area contributed by atoms with Gasteiger partial charge in [-0.2, -0.15) is 0 Å². The molecule has 3 aliphatic rings. The molecule has 12 heteroatoms. The summed E-state index contributed by atoms with van der Waals surface area (Å²) >= 11 is 13.0. The molecule has 2 unspecified atom stereocenters. The highest BCUT2D eigenvalue weighted by molar-refractivity contribution is 6.51. The van der Waals surface area contributed by atoms with Crippen LogP contribution in [0.15, 0.2) is 25.3 Å². The first kappa shape index (κ1) is 33.9. The number of hydrogen-bond acceptors (Lipinski definition) is 5. The second kappa shape index (κ2) is 14.3. The number of nitrogens with one attached hydrogen (secondary N) is 4. The molecule has 0 aromatic carbocycles. The fourth-order valence-corrected chi connectivity index (χ4v) is 6.85. The molecular weight excluding hydrogens is 581 g/mol. The highest BCUT2D eigenvalue weighted by Gasteiger charge is 2.74. The zero-order valence-electron chi connectivity index (χ0n) is 24.8. The Morgan fingerprint density at radius 1 is 1.00 bits per heavy atom. The SMILES string of the molecule is C=CCCNC(=O)C(=O)C(CCC=C)NC(=O)[C@@H]1[C@H]2[C@@H](CN1C(=O)C(NC(=O)NC(C)(C)C)C1CCCCC1)C2(Cl)Cl. The van der Waals surface area contributed by atoms with Crippen LogP contribution in [-0.2, 0) is 19.2 Å². The molecular formula is C30H45Cl2N5O5. The maximum atomic E-state index is 14.1. The molecule has 0 bridgehead atoms. The van der Waals surface area contributed by atoms with Gasteiger partial charge in [0.25, 0.3) is 5.91 Å². The molecule has 0 aromatic heterocycles. The maximum absolute atomic E-state index is 14.1. The van der Waals surface area contributed by atoms with E-state index in [1.807, 2.05) is 20.8 Å². The van der Waals surface area contributed by atoms with Crippen LogP contribution in [0.1, 0.15) is 72.1 Å². The highest BCUT2D eigenvalue weighted by Crippen LogP contribution is 2.65. The standard InChI is InChI=1S/C30H45Cl2N5O5/c1-6-8-15-20(24(38)26(40)33-16-9-7-2)34-25(39)23-21-19(30(21,31)32)17-37(23)27(41)22(18-13-11-10-12-14-18)35-28(42)36-29(3,4)5/h6-7,18-23H,1-2,8-17H2,3-5H3,(H,33,40)(H,34,39)(H2,35,36,42)/t19-,20?,21-,22?,23+/m1/s1. The first-order valence-electron chi connectivity index (χ1n) is 14.8. The van der Waals surface area contributed by atoms with Crippen molar-refractivity contribution >= 4 is 52.7 Å². The number of Topliss-reactive ketones (excluding diaryl/α,β-unsaturated/α-hetero) is 1. The van der Waals surface area contributed by atoms with Crippen LogP contribution in [0.25, 0.3) is 0 Å². The Labute approximate surface area is 258 Å². The number of carbonyl (C=O) groups excluding carboxylic acids is 5. The van der Waals surface area contributed by atoms with Gasteiger partial charge in [-0.25, -0.2) is 4.79 Å². The summed E-state index contributed by atoms with van der Waals surface area (Å²) in [5.41, 5.74) is -0.510. The summed E-state index contributed by atoms with van der Waals surface area (Å²) in [6.45, 7) is 13.2. The van der Waals surface area contributed by atoms with Gasteiger partial charge >= 0.3 is 6.03 Å². The van der Waals surface area contributed by atoms with Crippen LogP contribution in [0.2, 0.25) is 0 Å². The predicted octanol–water partition coefficient (Wildman–Crippen LogP) is 3.38. The van der Waals surface area contributed by atoms with Gasteiger partial charge in [0.1, 0.15) is 16.4 Å². The van der Waals surface area contributed by atoms with Crippen molar-refractivity contribution in [1.82, 2.24) is 26.2 Å². The molecule has 1 heterocycles. The van der Waals surface area contributed by atoms with Crippen molar-refractivity contribution in [3.63, 3.8) is 0 Å². The monoisotopic (exact) mass is 625 g/mol. The molecule has 1 aliphatic heterocycles. The lowest BCUT2D eigenvalue weighted by Gasteiger charge is -2.37. The van der Waals surface area contributed by atoms with Gasteiger partial charge in [-0.15, -0.1) is 36.4 Å². The number of rotatable bonds is 13. The average molecular weight is 627 g/mol. The maximum Gasteiger partial charge on any atom is 0.315 e. The number of nitrogens with zero attached hydrogens (tertiary/aromatic N) is 1. The van der Waals surface area contributed by atoms with E-state index in [2.05, 4.69) is 34.4 Å². The number of alkyl halides is 2. The Hall–Kier alpha value is -2.59. The molecule has 4 N–H and O–H groups in total. The normalized spacial score (nSPS) is 24.4. The molecule has 5 amide bonds. The van der Waals surface area contributed by atoms with E-state index in [1.165, 1.54) is 4.90 Å². The predicted molar refractivity (Wildman–Crippen MR) is 163 cm³/mol. The molecule has 2 saturated carbocycles. The number of likely N-dealkylation sites (tertiary alicyclic amines) is 1. The van der Waals surface area contributed by atoms with Crippen LogP contribution >= 0.6 is 23.2 Å². The van der Waals surface area contributed by atoms with E-state index in [4.69, 9.17) is 23.2 Å². The number of urea groups is 1. The smallest absolute Gasteiger partial charge is 0.315 e. The Morgan fingerprint density at radius 3 is 2.24 bits per heavy atom. The van der Waals surface area contributed by atoms with Crippen LogP contribution < -0.4 is 21.3 Å². The van der Waals surface area contributed by atoms with Gasteiger partial charge in [0.15, 0.2) is 0 Å². The molecule has 3 rings (SSSR count). The molecule has 3 fully saturated rings. The second-order valence-electron chi connectivity index (χ2n) is 12.6. The number of ketones is 1. The van der Waals surface area contributed by atoms with Crippen molar-refractivity contribution in [1.29, 1.82) is 0 Å². The van der Waals surface area contributed by atoms with E-state index < -0.39 is 57.5 Å². The van der Waals surface area contributed by atoms with E-state index in [0.717, 1.165) is 32.1 Å². The largest absolute Gasteiger partial charge is 0.349 e. The van der Waals surface area contributed by atoms with E-state index in [9.17, 15) is 24.0 Å². The van der Waals surface area contributed by atoms with Crippen molar-refractivity contribution in [3.05, 3.63) is 25.3 Å². The number of piperidine rings is 1. The molecule has 10 nitrogen and oxygen atoms in total.